The fourth-order valence-corrected chi connectivity index (χ4v) is 4.46. The topological polar surface area (TPSA) is 76.6 Å². The summed E-state index contributed by atoms with van der Waals surface area (Å²) in [6.45, 7) is 0.162. The van der Waals surface area contributed by atoms with Gasteiger partial charge < -0.3 is 14.8 Å². The Balaban J connectivity index is 1.50. The van der Waals surface area contributed by atoms with Crippen LogP contribution in [0.15, 0.2) is 36.7 Å². The molecule has 1 unspecified atom stereocenters. The molecule has 0 radical (unpaired) electrons. The fourth-order valence-electron chi connectivity index (χ4n) is 3.97. The van der Waals surface area contributed by atoms with Crippen LogP contribution < -0.4 is 19.7 Å². The molecule has 0 aliphatic carbocycles. The van der Waals surface area contributed by atoms with E-state index < -0.39 is 18.0 Å². The molecule has 2 amide bonds. The Hall–Kier alpha value is -3.10. The fraction of sp³-hybridized carbons (Fsp3) is 0.227. The lowest BCUT2D eigenvalue weighted by Gasteiger charge is -2.32. The van der Waals surface area contributed by atoms with Crippen molar-refractivity contribution < 1.29 is 18.7 Å². The number of carbonyl (C=O) groups is 1. The highest BCUT2D eigenvalue weighted by Crippen LogP contribution is 2.43. The first-order valence-corrected chi connectivity index (χ1v) is 10.6. The van der Waals surface area contributed by atoms with Crippen molar-refractivity contribution in [3.8, 4) is 11.6 Å². The second-order valence-electron chi connectivity index (χ2n) is 7.41. The monoisotopic (exact) mass is 474 g/mol. The minimum Gasteiger partial charge on any atom is -0.484 e. The summed E-state index contributed by atoms with van der Waals surface area (Å²) in [5.41, 5.74) is 2.67. The standard InChI is InChI=1S/C22H17Cl2FN4O3/c1-31-21-19-12(14(24)9-27-21)10-29(22(30)28-19)16-8-18-11(7-13(16)23)4-5-17(32-18)20-15(25)3-2-6-26-20/h2-3,6-9,17H,4-5,10H2,1H3,(H,28,30). The van der Waals surface area contributed by atoms with Crippen LogP contribution in [0.1, 0.15) is 29.3 Å². The maximum absolute atomic E-state index is 14.2. The summed E-state index contributed by atoms with van der Waals surface area (Å²) in [5.74, 6) is 0.388. The van der Waals surface area contributed by atoms with Crippen molar-refractivity contribution in [2.45, 2.75) is 25.5 Å². The number of benzene rings is 1. The van der Waals surface area contributed by atoms with Crippen molar-refractivity contribution >= 4 is 40.6 Å². The van der Waals surface area contributed by atoms with E-state index in [1.54, 1.807) is 12.1 Å². The molecule has 2 aromatic heterocycles. The molecule has 1 atom stereocenters. The molecule has 3 aromatic rings. The Morgan fingerprint density at radius 1 is 1.28 bits per heavy atom. The number of fused-ring (bicyclic) bond motifs is 2. The molecule has 0 spiro atoms. The van der Waals surface area contributed by atoms with Gasteiger partial charge in [0.1, 0.15) is 29.1 Å². The molecule has 5 rings (SSSR count). The van der Waals surface area contributed by atoms with Gasteiger partial charge in [-0.25, -0.2) is 14.2 Å². The third-order valence-electron chi connectivity index (χ3n) is 5.54. The Morgan fingerprint density at radius 3 is 2.91 bits per heavy atom. The average Bonchev–Trinajstić information content (AvgIpc) is 2.79. The molecule has 32 heavy (non-hydrogen) atoms. The summed E-state index contributed by atoms with van der Waals surface area (Å²) >= 11 is 12.9. The summed E-state index contributed by atoms with van der Waals surface area (Å²) in [6, 6.07) is 5.95. The molecule has 1 N–H and O–H groups in total. The molecule has 0 saturated heterocycles. The molecular weight excluding hydrogens is 458 g/mol. The lowest BCUT2D eigenvalue weighted by molar-refractivity contribution is 0.167. The zero-order valence-corrected chi connectivity index (χ0v) is 18.4. The third kappa shape index (κ3) is 3.49. The van der Waals surface area contributed by atoms with Gasteiger partial charge in [-0.2, -0.15) is 0 Å². The number of urea groups is 1. The van der Waals surface area contributed by atoms with Crippen LogP contribution >= 0.6 is 23.2 Å². The number of carbonyl (C=O) groups excluding carboxylic acids is 1. The van der Waals surface area contributed by atoms with E-state index in [1.165, 1.54) is 36.5 Å². The summed E-state index contributed by atoms with van der Waals surface area (Å²) in [7, 11) is 1.47. The van der Waals surface area contributed by atoms with Gasteiger partial charge in [0.15, 0.2) is 0 Å². The Morgan fingerprint density at radius 2 is 2.12 bits per heavy atom. The number of hydrogen-bond donors (Lipinski definition) is 1. The number of aryl methyl sites for hydroxylation is 1. The lowest BCUT2D eigenvalue weighted by Crippen LogP contribution is -2.39. The number of rotatable bonds is 3. The maximum Gasteiger partial charge on any atom is 0.326 e. The molecule has 2 aliphatic rings. The van der Waals surface area contributed by atoms with E-state index >= 15 is 0 Å². The van der Waals surface area contributed by atoms with Gasteiger partial charge >= 0.3 is 6.03 Å². The van der Waals surface area contributed by atoms with Gasteiger partial charge in [-0.1, -0.05) is 23.2 Å². The SMILES string of the molecule is COc1ncc(Cl)c2c1NC(=O)N(c1cc3c(cc1Cl)CCC(c1ncccc1F)O3)C2. The van der Waals surface area contributed by atoms with Crippen LogP contribution in [0.25, 0.3) is 0 Å². The van der Waals surface area contributed by atoms with Crippen LogP contribution in [-0.4, -0.2) is 23.1 Å². The number of pyridine rings is 2. The van der Waals surface area contributed by atoms with Gasteiger partial charge in [0, 0.05) is 17.8 Å². The van der Waals surface area contributed by atoms with Crippen molar-refractivity contribution in [3.63, 3.8) is 0 Å². The van der Waals surface area contributed by atoms with E-state index in [9.17, 15) is 9.18 Å². The first kappa shape index (κ1) is 20.8. The normalized spacial score (nSPS) is 17.2. The molecular formula is C22H17Cl2FN4O3. The number of amides is 2. The van der Waals surface area contributed by atoms with Gasteiger partial charge in [0.25, 0.3) is 0 Å². The predicted octanol–water partition coefficient (Wildman–Crippen LogP) is 5.55. The quantitative estimate of drug-likeness (QED) is 0.538. The second kappa shape index (κ2) is 8.11. The van der Waals surface area contributed by atoms with Crippen molar-refractivity contribution in [1.82, 2.24) is 9.97 Å². The summed E-state index contributed by atoms with van der Waals surface area (Å²) in [6.07, 6.45) is 3.68. The Labute approximate surface area is 193 Å². The van der Waals surface area contributed by atoms with Crippen molar-refractivity contribution in [2.75, 3.05) is 17.3 Å². The number of ether oxygens (including phenoxy) is 2. The largest absolute Gasteiger partial charge is 0.484 e. The highest BCUT2D eigenvalue weighted by molar-refractivity contribution is 6.34. The second-order valence-corrected chi connectivity index (χ2v) is 8.23. The average molecular weight is 475 g/mol. The van der Waals surface area contributed by atoms with Crippen molar-refractivity contribution in [1.29, 1.82) is 0 Å². The minimum atomic E-state index is -0.529. The van der Waals surface area contributed by atoms with Gasteiger partial charge in [-0.3, -0.25) is 9.88 Å². The van der Waals surface area contributed by atoms with Crippen LogP contribution in [0.4, 0.5) is 20.6 Å². The number of halogens is 3. The van der Waals surface area contributed by atoms with E-state index in [1.807, 2.05) is 0 Å². The molecule has 164 valence electrons. The molecule has 4 heterocycles. The van der Waals surface area contributed by atoms with Gasteiger partial charge in [0.05, 0.1) is 35.6 Å². The molecule has 1 aromatic carbocycles. The Kier molecular flexibility index (Phi) is 5.27. The van der Waals surface area contributed by atoms with Crippen LogP contribution in [0.5, 0.6) is 11.6 Å². The summed E-state index contributed by atoms with van der Waals surface area (Å²) in [5, 5.41) is 3.56. The van der Waals surface area contributed by atoms with Crippen LogP contribution in [0, 0.1) is 5.82 Å². The van der Waals surface area contributed by atoms with E-state index in [4.69, 9.17) is 32.7 Å². The van der Waals surface area contributed by atoms with E-state index in [2.05, 4.69) is 15.3 Å². The smallest absolute Gasteiger partial charge is 0.326 e. The highest BCUT2D eigenvalue weighted by atomic mass is 35.5. The molecule has 7 nitrogen and oxygen atoms in total. The van der Waals surface area contributed by atoms with E-state index in [0.29, 0.717) is 45.6 Å². The van der Waals surface area contributed by atoms with Crippen LogP contribution in [0.3, 0.4) is 0 Å². The maximum atomic E-state index is 14.2. The summed E-state index contributed by atoms with van der Waals surface area (Å²) < 4.78 is 25.5. The number of nitrogens with zero attached hydrogens (tertiary/aromatic N) is 3. The van der Waals surface area contributed by atoms with Crippen molar-refractivity contribution in [3.05, 3.63) is 69.3 Å². The number of nitrogens with one attached hydrogen (secondary N) is 1. The molecule has 2 aliphatic heterocycles. The highest BCUT2D eigenvalue weighted by Gasteiger charge is 2.32. The molecule has 0 fully saturated rings. The first-order chi connectivity index (χ1) is 15.5. The van der Waals surface area contributed by atoms with Gasteiger partial charge in [-0.15, -0.1) is 0 Å². The zero-order valence-electron chi connectivity index (χ0n) is 16.9. The number of methoxy groups -OCH3 is 1. The van der Waals surface area contributed by atoms with E-state index in [-0.39, 0.29) is 18.1 Å². The third-order valence-corrected chi connectivity index (χ3v) is 6.17. The van der Waals surface area contributed by atoms with Crippen LogP contribution in [-0.2, 0) is 13.0 Å². The van der Waals surface area contributed by atoms with E-state index in [0.717, 1.165) is 5.56 Å². The lowest BCUT2D eigenvalue weighted by atomic mass is 9.99. The number of aromatic nitrogens is 2. The predicted molar refractivity (Wildman–Crippen MR) is 118 cm³/mol. The molecule has 10 heteroatoms. The molecule has 0 bridgehead atoms. The summed E-state index contributed by atoms with van der Waals surface area (Å²) in [4.78, 5) is 22.6. The first-order valence-electron chi connectivity index (χ1n) is 9.85. The van der Waals surface area contributed by atoms with Crippen LogP contribution in [0.2, 0.25) is 10.0 Å². The Bertz CT molecular complexity index is 1240. The van der Waals surface area contributed by atoms with Gasteiger partial charge in [0.2, 0.25) is 5.88 Å². The van der Waals surface area contributed by atoms with Crippen molar-refractivity contribution in [2.24, 2.45) is 0 Å². The number of anilines is 2. The number of hydrogen-bond acceptors (Lipinski definition) is 5. The molecule has 0 saturated carbocycles. The van der Waals surface area contributed by atoms with Gasteiger partial charge in [-0.05, 0) is 36.6 Å². The minimum absolute atomic E-state index is 0.162. The zero-order chi connectivity index (χ0) is 22.4.